The van der Waals surface area contributed by atoms with Crippen molar-refractivity contribution in [1.82, 2.24) is 9.78 Å². The third kappa shape index (κ3) is 3.68. The molecule has 2 rings (SSSR count). The molecule has 1 amide bonds. The van der Waals surface area contributed by atoms with Gasteiger partial charge in [-0.3, -0.25) is 9.48 Å². The Morgan fingerprint density at radius 2 is 2.37 bits per heavy atom. The van der Waals surface area contributed by atoms with Crippen molar-refractivity contribution in [1.29, 1.82) is 0 Å². The van der Waals surface area contributed by atoms with E-state index in [-0.39, 0.29) is 12.5 Å². The van der Waals surface area contributed by atoms with Crippen LogP contribution in [0, 0.1) is 11.8 Å². The highest BCUT2D eigenvalue weighted by Crippen LogP contribution is 2.16. The number of hydrogen-bond donors (Lipinski definition) is 2. The van der Waals surface area contributed by atoms with Crippen LogP contribution in [0.25, 0.3) is 0 Å². The van der Waals surface area contributed by atoms with Gasteiger partial charge in [0.05, 0.1) is 16.4 Å². The van der Waals surface area contributed by atoms with E-state index in [0.717, 1.165) is 4.88 Å². The monoisotopic (exact) mass is 275 g/mol. The number of carbonyl (C=O) groups is 1. The Labute approximate surface area is 114 Å². The van der Waals surface area contributed by atoms with Gasteiger partial charge in [-0.15, -0.1) is 11.3 Å². The first-order chi connectivity index (χ1) is 9.19. The number of nitrogens with one attached hydrogen (secondary N) is 1. The fourth-order valence-electron chi connectivity index (χ4n) is 1.39. The molecule has 19 heavy (non-hydrogen) atoms. The van der Waals surface area contributed by atoms with E-state index >= 15 is 0 Å². The van der Waals surface area contributed by atoms with Gasteiger partial charge >= 0.3 is 0 Å². The molecule has 5 nitrogen and oxygen atoms in total. The third-order valence-corrected chi connectivity index (χ3v) is 3.23. The lowest BCUT2D eigenvalue weighted by atomic mass is 10.4. The summed E-state index contributed by atoms with van der Waals surface area (Å²) in [6, 6.07) is 5.25. The van der Waals surface area contributed by atoms with Crippen molar-refractivity contribution in [3.8, 4) is 11.8 Å². The van der Waals surface area contributed by atoms with E-state index in [0.29, 0.717) is 17.1 Å². The number of rotatable bonds is 3. The van der Waals surface area contributed by atoms with Gasteiger partial charge in [0.2, 0.25) is 0 Å². The van der Waals surface area contributed by atoms with Gasteiger partial charge in [-0.25, -0.2) is 0 Å². The van der Waals surface area contributed by atoms with E-state index in [1.807, 2.05) is 0 Å². The minimum Gasteiger partial charge on any atom is -0.395 e. The van der Waals surface area contributed by atoms with Crippen molar-refractivity contribution in [3.05, 3.63) is 34.2 Å². The van der Waals surface area contributed by atoms with Crippen molar-refractivity contribution < 1.29 is 9.90 Å². The molecule has 0 fully saturated rings. The van der Waals surface area contributed by atoms with Crippen LogP contribution in [0.1, 0.15) is 21.0 Å². The predicted octanol–water partition coefficient (Wildman–Crippen LogP) is 1.47. The number of anilines is 1. The number of aromatic nitrogens is 2. The van der Waals surface area contributed by atoms with Crippen LogP contribution in [0.5, 0.6) is 0 Å². The zero-order chi connectivity index (χ0) is 13.7. The highest BCUT2D eigenvalue weighted by Gasteiger charge is 2.09. The maximum Gasteiger partial charge on any atom is 0.266 e. The molecule has 0 aliphatic carbocycles. The van der Waals surface area contributed by atoms with Crippen LogP contribution >= 0.6 is 11.3 Å². The van der Waals surface area contributed by atoms with Crippen molar-refractivity contribution >= 4 is 23.1 Å². The summed E-state index contributed by atoms with van der Waals surface area (Å²) in [7, 11) is 1.79. The average molecular weight is 275 g/mol. The molecule has 2 heterocycles. The van der Waals surface area contributed by atoms with Crippen LogP contribution < -0.4 is 5.32 Å². The Balaban J connectivity index is 2.02. The molecular formula is C13H13N3O2S. The number of hydrogen-bond acceptors (Lipinski definition) is 4. The van der Waals surface area contributed by atoms with Crippen molar-refractivity contribution in [2.75, 3.05) is 11.9 Å². The molecule has 0 spiro atoms. The van der Waals surface area contributed by atoms with Gasteiger partial charge in [-0.05, 0) is 12.1 Å². The van der Waals surface area contributed by atoms with Gasteiger partial charge in [-0.2, -0.15) is 5.10 Å². The minimum atomic E-state index is -0.195. The van der Waals surface area contributed by atoms with Gasteiger partial charge < -0.3 is 10.4 Å². The molecule has 6 heteroatoms. The number of aliphatic hydroxyl groups excluding tert-OH is 1. The summed E-state index contributed by atoms with van der Waals surface area (Å²) >= 11 is 1.32. The molecule has 0 atom stereocenters. The summed E-state index contributed by atoms with van der Waals surface area (Å²) in [5.41, 5.74) is 0. The molecule has 0 aliphatic rings. The first kappa shape index (κ1) is 13.3. The molecule has 2 N–H and O–H groups in total. The third-order valence-electron chi connectivity index (χ3n) is 2.23. The summed E-state index contributed by atoms with van der Waals surface area (Å²) < 4.78 is 1.62. The quantitative estimate of drug-likeness (QED) is 0.834. The van der Waals surface area contributed by atoms with Gasteiger partial charge in [0.15, 0.2) is 5.82 Å². The van der Waals surface area contributed by atoms with Crippen molar-refractivity contribution in [2.24, 2.45) is 7.05 Å². The van der Waals surface area contributed by atoms with E-state index < -0.39 is 0 Å². The molecule has 0 saturated carbocycles. The van der Waals surface area contributed by atoms with E-state index in [4.69, 9.17) is 5.11 Å². The highest BCUT2D eigenvalue weighted by molar-refractivity contribution is 7.14. The van der Waals surface area contributed by atoms with E-state index in [2.05, 4.69) is 22.3 Å². The number of aliphatic hydroxyl groups is 1. The summed E-state index contributed by atoms with van der Waals surface area (Å²) in [4.78, 5) is 13.3. The molecule has 0 aromatic carbocycles. The first-order valence-corrected chi connectivity index (χ1v) is 6.51. The minimum absolute atomic E-state index is 0.0470. The molecule has 2 aromatic heterocycles. The average Bonchev–Trinajstić information content (AvgIpc) is 2.99. The second-order valence-corrected chi connectivity index (χ2v) is 4.85. The zero-order valence-corrected chi connectivity index (χ0v) is 11.2. The maximum atomic E-state index is 11.9. The Morgan fingerprint density at radius 3 is 3.05 bits per heavy atom. The molecule has 0 saturated heterocycles. The van der Waals surface area contributed by atoms with E-state index in [1.54, 1.807) is 36.1 Å². The van der Waals surface area contributed by atoms with Crippen LogP contribution in [0.2, 0.25) is 0 Å². The Morgan fingerprint density at radius 1 is 1.53 bits per heavy atom. The fourth-order valence-corrected chi connectivity index (χ4v) is 2.17. The largest absolute Gasteiger partial charge is 0.395 e. The molecule has 98 valence electrons. The summed E-state index contributed by atoms with van der Waals surface area (Å²) in [6.07, 6.45) is 2.20. The van der Waals surface area contributed by atoms with Gasteiger partial charge in [0, 0.05) is 25.7 Å². The van der Waals surface area contributed by atoms with Crippen molar-refractivity contribution in [3.63, 3.8) is 0 Å². The number of nitrogens with zero attached hydrogens (tertiary/aromatic N) is 2. The van der Waals surface area contributed by atoms with Gasteiger partial charge in [-0.1, -0.05) is 11.8 Å². The van der Waals surface area contributed by atoms with Crippen molar-refractivity contribution in [2.45, 2.75) is 6.42 Å². The standard InChI is InChI=1S/C13H13N3O2S/c1-16-8-7-12(15-16)14-13(18)11-6-5-10(19-11)4-2-3-9-17/h5-8,17H,3,9H2,1H3,(H,14,15,18). The SMILES string of the molecule is Cn1ccc(NC(=O)c2ccc(C#CCCO)s2)n1. The highest BCUT2D eigenvalue weighted by atomic mass is 32.1. The summed E-state index contributed by atoms with van der Waals surface area (Å²) in [5, 5.41) is 15.4. The maximum absolute atomic E-state index is 11.9. The normalized spacial score (nSPS) is 9.79. The lowest BCUT2D eigenvalue weighted by Crippen LogP contribution is -2.10. The lowest BCUT2D eigenvalue weighted by molar-refractivity contribution is 0.103. The Bertz CT molecular complexity index is 634. The number of amides is 1. The van der Waals surface area contributed by atoms with Gasteiger partial charge in [0.25, 0.3) is 5.91 Å². The Kier molecular flexibility index (Phi) is 4.34. The molecular weight excluding hydrogens is 262 g/mol. The smallest absolute Gasteiger partial charge is 0.266 e. The lowest BCUT2D eigenvalue weighted by Gasteiger charge is -1.97. The van der Waals surface area contributed by atoms with E-state index in [1.165, 1.54) is 11.3 Å². The molecule has 0 bridgehead atoms. The van der Waals surface area contributed by atoms with Crippen LogP contribution in [0.3, 0.4) is 0 Å². The molecule has 2 aromatic rings. The molecule has 0 aliphatic heterocycles. The number of carbonyl (C=O) groups excluding carboxylic acids is 1. The van der Waals surface area contributed by atoms with Crippen LogP contribution in [0.4, 0.5) is 5.82 Å². The summed E-state index contributed by atoms with van der Waals surface area (Å²) in [5.74, 6) is 6.04. The number of aryl methyl sites for hydroxylation is 1. The fraction of sp³-hybridized carbons (Fsp3) is 0.231. The van der Waals surface area contributed by atoms with Crippen LogP contribution in [-0.2, 0) is 7.05 Å². The second kappa shape index (κ2) is 6.18. The predicted molar refractivity (Wildman–Crippen MR) is 74.1 cm³/mol. The second-order valence-electron chi connectivity index (χ2n) is 3.77. The molecule has 0 unspecified atom stereocenters. The van der Waals surface area contributed by atoms with E-state index in [9.17, 15) is 4.79 Å². The van der Waals surface area contributed by atoms with Crippen LogP contribution in [-0.4, -0.2) is 27.4 Å². The summed E-state index contributed by atoms with van der Waals surface area (Å²) in [6.45, 7) is 0.0470. The Hall–Kier alpha value is -2.10. The topological polar surface area (TPSA) is 67.2 Å². The van der Waals surface area contributed by atoms with Crippen LogP contribution in [0.15, 0.2) is 24.4 Å². The molecule has 0 radical (unpaired) electrons. The van der Waals surface area contributed by atoms with Gasteiger partial charge in [0.1, 0.15) is 0 Å². The first-order valence-electron chi connectivity index (χ1n) is 5.69. The zero-order valence-electron chi connectivity index (χ0n) is 10.4. The number of thiophene rings is 1.